The lowest BCUT2D eigenvalue weighted by molar-refractivity contribution is -0.143. The number of aliphatic hydroxyl groups is 1. The molecule has 3 aromatic carbocycles. The Bertz CT molecular complexity index is 1420. The lowest BCUT2D eigenvalue weighted by Gasteiger charge is -2.29. The molecule has 3 aromatic rings. The molecule has 0 saturated carbocycles. The molecule has 0 spiro atoms. The van der Waals surface area contributed by atoms with Crippen LogP contribution in [0.1, 0.15) is 64.8 Å². The highest BCUT2D eigenvalue weighted by Crippen LogP contribution is 2.32. The van der Waals surface area contributed by atoms with Crippen LogP contribution < -0.4 is 0 Å². The number of nitrogens with zero attached hydrogens (tertiary/aromatic N) is 1. The number of thiol groups is 1. The normalized spacial score (nSPS) is 12.6. The molecule has 0 aliphatic rings. The molecular weight excluding hydrogens is 611 g/mol. The van der Waals surface area contributed by atoms with Crippen molar-refractivity contribution < 1.29 is 33.8 Å². The molecule has 0 radical (unpaired) electrons. The average Bonchev–Trinajstić information content (AvgIpc) is 3.08. The first-order valence-electron chi connectivity index (χ1n) is 14.7. The Morgan fingerprint density at radius 2 is 1.53 bits per heavy atom. The first-order chi connectivity index (χ1) is 21.9. The first kappa shape index (κ1) is 35.8. The predicted octanol–water partition coefficient (Wildman–Crippen LogP) is 7.07. The van der Waals surface area contributed by atoms with Crippen molar-refractivity contribution in [3.05, 3.63) is 108 Å². The van der Waals surface area contributed by atoms with Gasteiger partial charge in [0, 0.05) is 40.9 Å². The lowest BCUT2D eigenvalue weighted by atomic mass is 9.86. The van der Waals surface area contributed by atoms with Crippen LogP contribution in [0.25, 0.3) is 0 Å². The third kappa shape index (κ3) is 10.4. The Labute approximate surface area is 274 Å². The average molecular weight is 650 g/mol. The second kappa shape index (κ2) is 19.0. The molecule has 0 aliphatic heterocycles. The molecule has 1 unspecified atom stereocenters. The number of oxime groups is 1. The van der Waals surface area contributed by atoms with Gasteiger partial charge in [0.05, 0.1) is 19.5 Å². The molecule has 0 heterocycles. The van der Waals surface area contributed by atoms with Crippen LogP contribution in [0, 0.1) is 0 Å². The summed E-state index contributed by atoms with van der Waals surface area (Å²) in [6.07, 6.45) is 4.78. The predicted molar refractivity (Wildman–Crippen MR) is 179 cm³/mol. The highest BCUT2D eigenvalue weighted by molar-refractivity contribution is 7.99. The summed E-state index contributed by atoms with van der Waals surface area (Å²) >= 11 is 5.63. The van der Waals surface area contributed by atoms with Gasteiger partial charge in [0.15, 0.2) is 5.60 Å². The van der Waals surface area contributed by atoms with Crippen LogP contribution in [-0.4, -0.2) is 54.4 Å². The fourth-order valence-electron chi connectivity index (χ4n) is 4.48. The van der Waals surface area contributed by atoms with E-state index in [9.17, 15) is 19.5 Å². The molecule has 0 aliphatic carbocycles. The van der Waals surface area contributed by atoms with Gasteiger partial charge in [-0.15, -0.1) is 0 Å². The number of carbonyl (C=O) groups is 3. The summed E-state index contributed by atoms with van der Waals surface area (Å²) < 4.78 is 10.7. The summed E-state index contributed by atoms with van der Waals surface area (Å²) in [6, 6.07) is 23.0. The van der Waals surface area contributed by atoms with E-state index in [1.54, 1.807) is 48.5 Å². The van der Waals surface area contributed by atoms with Gasteiger partial charge in [-0.3, -0.25) is 9.59 Å². The minimum Gasteiger partial charge on any atom is -0.502 e. The smallest absolute Gasteiger partial charge is 0.335 e. The zero-order chi connectivity index (χ0) is 32.5. The molecule has 1 atom stereocenters. The molecule has 0 fully saturated rings. The number of aliphatic hydroxyl groups excluding tert-OH is 1. The van der Waals surface area contributed by atoms with Gasteiger partial charge in [-0.2, -0.15) is 12.6 Å². The number of Topliss-reactive ketones (excluding diaryl/α,β-unsaturated/α-hetero) is 2. The van der Waals surface area contributed by atoms with E-state index >= 15 is 0 Å². The van der Waals surface area contributed by atoms with Crippen molar-refractivity contribution in [2.75, 3.05) is 26.1 Å². The summed E-state index contributed by atoms with van der Waals surface area (Å²) in [6.45, 7) is 3.37. The minimum absolute atomic E-state index is 0.137. The molecule has 45 heavy (non-hydrogen) atoms. The minimum atomic E-state index is -1.50. The fraction of sp³-hybridized carbons (Fsp3) is 0.314. The molecule has 10 heteroatoms. The van der Waals surface area contributed by atoms with Crippen LogP contribution >= 0.6 is 24.4 Å². The summed E-state index contributed by atoms with van der Waals surface area (Å²) in [5.74, 6) is -0.393. The van der Waals surface area contributed by atoms with Gasteiger partial charge in [0.1, 0.15) is 5.71 Å². The van der Waals surface area contributed by atoms with Gasteiger partial charge in [-0.1, -0.05) is 72.4 Å². The number of benzene rings is 3. The fourth-order valence-corrected chi connectivity index (χ4v) is 5.52. The highest BCUT2D eigenvalue weighted by atomic mass is 32.2. The highest BCUT2D eigenvalue weighted by Gasteiger charge is 2.40. The summed E-state index contributed by atoms with van der Waals surface area (Å²) in [5.41, 5.74) is 0.0313. The monoisotopic (exact) mass is 649 g/mol. The molecule has 0 amide bonds. The van der Waals surface area contributed by atoms with Crippen LogP contribution in [0.2, 0.25) is 0 Å². The third-order valence-corrected chi connectivity index (χ3v) is 8.33. The standard InChI is InChI=1S/C35H39NO7S2/c1-3-42-23-10-13-31(36-43-32(38)14-8-5-9-24-44)33(39)26-15-19-29(20-16-26)45-30-21-17-27(18-22-30)34(40)35(25-37,41-2)28-11-6-4-7-12-28/h3-4,6-7,11-12,15-22,37,44H,1,5,8-10,13-14,23-25H2,2H3/b36-31+. The molecule has 3 rings (SSSR count). The maximum Gasteiger partial charge on any atom is 0.335 e. The Morgan fingerprint density at radius 1 is 0.889 bits per heavy atom. The van der Waals surface area contributed by atoms with Crippen molar-refractivity contribution in [2.45, 2.75) is 53.9 Å². The number of ether oxygens (including phenoxy) is 2. The van der Waals surface area contributed by atoms with E-state index in [-0.39, 0.29) is 30.1 Å². The van der Waals surface area contributed by atoms with E-state index < -0.39 is 18.2 Å². The zero-order valence-corrected chi connectivity index (χ0v) is 27.1. The zero-order valence-electron chi connectivity index (χ0n) is 25.4. The number of unbranched alkanes of at least 4 members (excludes halogenated alkanes) is 2. The van der Waals surface area contributed by atoms with Crippen molar-refractivity contribution >= 4 is 47.6 Å². The lowest BCUT2D eigenvalue weighted by Crippen LogP contribution is -2.41. The number of carbonyl (C=O) groups excluding carboxylic acids is 3. The Balaban J connectivity index is 1.68. The maximum atomic E-state index is 13.4. The van der Waals surface area contributed by atoms with Gasteiger partial charge in [0.2, 0.25) is 11.6 Å². The van der Waals surface area contributed by atoms with Crippen molar-refractivity contribution in [3.63, 3.8) is 0 Å². The maximum absolute atomic E-state index is 13.4. The van der Waals surface area contributed by atoms with Crippen molar-refractivity contribution in [3.8, 4) is 0 Å². The first-order valence-corrected chi connectivity index (χ1v) is 16.1. The van der Waals surface area contributed by atoms with Crippen LogP contribution in [0.15, 0.2) is 107 Å². The third-order valence-electron chi connectivity index (χ3n) is 7.00. The molecule has 238 valence electrons. The van der Waals surface area contributed by atoms with Crippen LogP contribution in [0.4, 0.5) is 0 Å². The van der Waals surface area contributed by atoms with E-state index in [0.29, 0.717) is 36.1 Å². The molecule has 1 N–H and O–H groups in total. The Kier molecular flexibility index (Phi) is 15.1. The van der Waals surface area contributed by atoms with E-state index in [1.807, 2.05) is 30.3 Å². The summed E-state index contributed by atoms with van der Waals surface area (Å²) in [4.78, 5) is 45.7. The number of hydrogen-bond donors (Lipinski definition) is 2. The van der Waals surface area contributed by atoms with Crippen LogP contribution in [-0.2, 0) is 24.7 Å². The van der Waals surface area contributed by atoms with E-state index in [1.165, 1.54) is 25.1 Å². The number of methoxy groups -OCH3 is 1. The molecule has 0 bridgehead atoms. The van der Waals surface area contributed by atoms with Gasteiger partial charge in [0.25, 0.3) is 0 Å². The summed E-state index contributed by atoms with van der Waals surface area (Å²) in [7, 11) is 1.41. The number of rotatable bonds is 20. The molecule has 8 nitrogen and oxygen atoms in total. The number of ketones is 2. The van der Waals surface area contributed by atoms with Gasteiger partial charge in [-0.25, -0.2) is 4.79 Å². The topological polar surface area (TPSA) is 111 Å². The Hall–Kier alpha value is -3.70. The van der Waals surface area contributed by atoms with Crippen molar-refractivity contribution in [1.82, 2.24) is 0 Å². The second-order valence-corrected chi connectivity index (χ2v) is 11.6. The Morgan fingerprint density at radius 3 is 2.11 bits per heavy atom. The van der Waals surface area contributed by atoms with E-state index in [0.717, 1.165) is 28.4 Å². The van der Waals surface area contributed by atoms with Crippen molar-refractivity contribution in [2.24, 2.45) is 5.16 Å². The molecular formula is C35H39NO7S2. The largest absolute Gasteiger partial charge is 0.502 e. The molecule has 0 saturated heterocycles. The molecule has 0 aromatic heterocycles. The van der Waals surface area contributed by atoms with Crippen LogP contribution in [0.5, 0.6) is 0 Å². The summed E-state index contributed by atoms with van der Waals surface area (Å²) in [5, 5.41) is 14.1. The number of hydrogen-bond acceptors (Lipinski definition) is 10. The SMILES string of the molecule is C=COCCC/C(=N\OC(=O)CCCCCS)C(=O)c1ccc(Sc2ccc(C(=O)C(CO)(OC)c3ccccc3)cc2)cc1. The van der Waals surface area contributed by atoms with Gasteiger partial charge in [-0.05, 0) is 67.0 Å². The van der Waals surface area contributed by atoms with Crippen LogP contribution in [0.3, 0.4) is 0 Å². The van der Waals surface area contributed by atoms with Gasteiger partial charge >= 0.3 is 5.97 Å². The van der Waals surface area contributed by atoms with Crippen molar-refractivity contribution in [1.29, 1.82) is 0 Å². The quantitative estimate of drug-likeness (QED) is 0.0254. The van der Waals surface area contributed by atoms with E-state index in [2.05, 4.69) is 24.4 Å². The second-order valence-electron chi connectivity index (χ2n) is 10.0. The van der Waals surface area contributed by atoms with E-state index in [4.69, 9.17) is 14.3 Å². The van der Waals surface area contributed by atoms with Gasteiger partial charge < -0.3 is 19.4 Å².